The summed E-state index contributed by atoms with van der Waals surface area (Å²) in [6.45, 7) is -0.642. The van der Waals surface area contributed by atoms with Gasteiger partial charge >= 0.3 is 12.1 Å². The fourth-order valence-electron chi connectivity index (χ4n) is 1.87. The molecule has 1 amide bonds. The summed E-state index contributed by atoms with van der Waals surface area (Å²) in [6, 6.07) is -1.32. The van der Waals surface area contributed by atoms with Crippen LogP contribution in [0.1, 0.15) is 0 Å². The number of halogens is 3. The molecule has 1 aliphatic rings. The van der Waals surface area contributed by atoms with Gasteiger partial charge in [0, 0.05) is 14.2 Å². The monoisotopic (exact) mass is 273 g/mol. The second-order valence-electron chi connectivity index (χ2n) is 3.86. The van der Waals surface area contributed by atoms with E-state index in [2.05, 4.69) is 0 Å². The highest BCUT2D eigenvalue weighted by atomic mass is 19.4. The molecular formula is C9H14F3NO5. The highest BCUT2D eigenvalue weighted by molar-refractivity contribution is 5.82. The zero-order chi connectivity index (χ0) is 14.1. The normalized spacial score (nSPS) is 32.6. The molecule has 0 aromatic rings. The van der Waals surface area contributed by atoms with E-state index in [1.54, 1.807) is 0 Å². The number of methoxy groups -OCH3 is 1. The van der Waals surface area contributed by atoms with Crippen molar-refractivity contribution >= 4 is 5.91 Å². The van der Waals surface area contributed by atoms with Gasteiger partial charge in [0.1, 0.15) is 12.2 Å². The van der Waals surface area contributed by atoms with Crippen LogP contribution in [-0.4, -0.2) is 72.5 Å². The Morgan fingerprint density at radius 2 is 2.06 bits per heavy atom. The van der Waals surface area contributed by atoms with E-state index in [0.29, 0.717) is 4.90 Å². The maximum atomic E-state index is 12.3. The second-order valence-corrected chi connectivity index (χ2v) is 3.86. The molecule has 0 bridgehead atoms. The van der Waals surface area contributed by atoms with Gasteiger partial charge in [-0.25, -0.2) is 0 Å². The highest BCUT2D eigenvalue weighted by Crippen LogP contribution is 2.28. The number of rotatable bonds is 3. The number of carbonyl (C=O) groups is 1. The molecule has 0 radical (unpaired) electrons. The number of amides is 1. The molecule has 4 atom stereocenters. The number of aliphatic hydroxyl groups is 2. The zero-order valence-corrected chi connectivity index (χ0v) is 9.72. The van der Waals surface area contributed by atoms with E-state index in [1.165, 1.54) is 7.11 Å². The fraction of sp³-hybridized carbons (Fsp3) is 0.889. The molecule has 1 fully saturated rings. The lowest BCUT2D eigenvalue weighted by atomic mass is 10.1. The minimum atomic E-state index is -5.06. The number of nitrogens with zero attached hydrogens (tertiary/aromatic N) is 1. The van der Waals surface area contributed by atoms with Gasteiger partial charge in [-0.2, -0.15) is 13.2 Å². The van der Waals surface area contributed by atoms with E-state index < -0.39 is 43.2 Å². The van der Waals surface area contributed by atoms with Crippen LogP contribution >= 0.6 is 0 Å². The zero-order valence-electron chi connectivity index (χ0n) is 9.72. The van der Waals surface area contributed by atoms with Gasteiger partial charge < -0.3 is 24.6 Å². The van der Waals surface area contributed by atoms with Gasteiger partial charge in [0.25, 0.3) is 0 Å². The molecule has 1 saturated heterocycles. The van der Waals surface area contributed by atoms with Crippen molar-refractivity contribution in [3.05, 3.63) is 0 Å². The largest absolute Gasteiger partial charge is 0.471 e. The molecule has 9 heteroatoms. The van der Waals surface area contributed by atoms with Crippen LogP contribution in [0, 0.1) is 0 Å². The summed E-state index contributed by atoms with van der Waals surface area (Å²) in [6.07, 6.45) is -8.85. The van der Waals surface area contributed by atoms with E-state index >= 15 is 0 Å². The van der Waals surface area contributed by atoms with E-state index in [4.69, 9.17) is 14.6 Å². The third kappa shape index (κ3) is 2.74. The number of hydrogen-bond donors (Lipinski definition) is 2. The summed E-state index contributed by atoms with van der Waals surface area (Å²) in [7, 11) is 2.07. The molecule has 0 aromatic carbocycles. The first-order valence-electron chi connectivity index (χ1n) is 5.05. The Balaban J connectivity index is 2.89. The van der Waals surface area contributed by atoms with E-state index in [1.807, 2.05) is 0 Å². The lowest BCUT2D eigenvalue weighted by Gasteiger charge is -2.29. The summed E-state index contributed by atoms with van der Waals surface area (Å²) >= 11 is 0. The molecule has 0 aromatic heterocycles. The van der Waals surface area contributed by atoms with Crippen molar-refractivity contribution < 1.29 is 37.7 Å². The van der Waals surface area contributed by atoms with Crippen molar-refractivity contribution in [3.8, 4) is 0 Å². The van der Waals surface area contributed by atoms with Crippen LogP contribution in [0.2, 0.25) is 0 Å². The molecule has 18 heavy (non-hydrogen) atoms. The molecule has 2 N–H and O–H groups in total. The van der Waals surface area contributed by atoms with Crippen molar-refractivity contribution in [2.45, 2.75) is 30.7 Å². The maximum Gasteiger partial charge on any atom is 0.471 e. The predicted octanol–water partition coefficient (Wildman–Crippen LogP) is -0.900. The summed E-state index contributed by atoms with van der Waals surface area (Å²) < 4.78 is 46.5. The Morgan fingerprint density at radius 1 is 1.50 bits per heavy atom. The van der Waals surface area contributed by atoms with Crippen LogP contribution in [0.25, 0.3) is 0 Å². The third-order valence-corrected chi connectivity index (χ3v) is 2.74. The van der Waals surface area contributed by atoms with Gasteiger partial charge in [-0.05, 0) is 0 Å². The molecule has 106 valence electrons. The molecule has 0 spiro atoms. The third-order valence-electron chi connectivity index (χ3n) is 2.74. The highest BCUT2D eigenvalue weighted by Gasteiger charge is 2.51. The summed E-state index contributed by atoms with van der Waals surface area (Å²) in [5, 5.41) is 18.7. The lowest BCUT2D eigenvalue weighted by molar-refractivity contribution is -0.188. The van der Waals surface area contributed by atoms with Gasteiger partial charge in [0.05, 0.1) is 12.6 Å². The Labute approximate surface area is 101 Å². The second kappa shape index (κ2) is 5.39. The van der Waals surface area contributed by atoms with E-state index in [9.17, 15) is 23.1 Å². The fourth-order valence-corrected chi connectivity index (χ4v) is 1.87. The molecule has 1 heterocycles. The first-order chi connectivity index (χ1) is 8.23. The van der Waals surface area contributed by atoms with E-state index in [-0.39, 0.29) is 0 Å². The van der Waals surface area contributed by atoms with Crippen LogP contribution in [-0.2, 0) is 14.3 Å². The topological polar surface area (TPSA) is 79.2 Å². The van der Waals surface area contributed by atoms with Gasteiger partial charge in [-0.15, -0.1) is 0 Å². The van der Waals surface area contributed by atoms with Crippen molar-refractivity contribution in [3.63, 3.8) is 0 Å². The first kappa shape index (κ1) is 15.2. The van der Waals surface area contributed by atoms with Crippen molar-refractivity contribution in [1.29, 1.82) is 0 Å². The molecule has 0 aliphatic carbocycles. The van der Waals surface area contributed by atoms with Crippen molar-refractivity contribution in [2.75, 3.05) is 20.8 Å². The van der Waals surface area contributed by atoms with Crippen LogP contribution < -0.4 is 0 Å². The average Bonchev–Trinajstić information content (AvgIpc) is 2.62. The first-order valence-corrected chi connectivity index (χ1v) is 5.05. The average molecular weight is 273 g/mol. The number of alkyl halides is 3. The summed E-state index contributed by atoms with van der Waals surface area (Å²) in [5.74, 6) is -2.12. The van der Waals surface area contributed by atoms with Gasteiger partial charge in [0.2, 0.25) is 0 Å². The molecular weight excluding hydrogens is 259 g/mol. The quantitative estimate of drug-likeness (QED) is 0.696. The van der Waals surface area contributed by atoms with Gasteiger partial charge in [-0.1, -0.05) is 0 Å². The Hall–Kier alpha value is -0.900. The van der Waals surface area contributed by atoms with Crippen molar-refractivity contribution in [2.24, 2.45) is 0 Å². The molecule has 6 nitrogen and oxygen atoms in total. The number of ether oxygens (including phenoxy) is 2. The Kier molecular flexibility index (Phi) is 4.54. The molecule has 1 aliphatic heterocycles. The standard InChI is InChI=1S/C9H14F3NO5/c1-13(8(16)9(10,11)12)5-4(3-14)18-7(17-2)6(5)15/h4-7,14-15H,3H2,1-2H3/t4-,5-,6-,7+/m1/s1. The minimum Gasteiger partial charge on any atom is -0.394 e. The number of carbonyl (C=O) groups excluding carboxylic acids is 1. The number of aliphatic hydroxyl groups excluding tert-OH is 2. The Morgan fingerprint density at radius 3 is 2.44 bits per heavy atom. The minimum absolute atomic E-state index is 0.310. The summed E-state index contributed by atoms with van der Waals surface area (Å²) in [5.41, 5.74) is 0. The van der Waals surface area contributed by atoms with Crippen LogP contribution in [0.15, 0.2) is 0 Å². The van der Waals surface area contributed by atoms with E-state index in [0.717, 1.165) is 7.05 Å². The number of hydrogen-bond acceptors (Lipinski definition) is 5. The van der Waals surface area contributed by atoms with Gasteiger partial charge in [0.15, 0.2) is 6.29 Å². The Bertz CT molecular complexity index is 309. The van der Waals surface area contributed by atoms with Crippen LogP contribution in [0.4, 0.5) is 13.2 Å². The van der Waals surface area contributed by atoms with Gasteiger partial charge in [-0.3, -0.25) is 4.79 Å². The maximum absolute atomic E-state index is 12.3. The summed E-state index contributed by atoms with van der Waals surface area (Å²) in [4.78, 5) is 11.4. The smallest absolute Gasteiger partial charge is 0.394 e. The molecule has 0 unspecified atom stereocenters. The predicted molar refractivity (Wildman–Crippen MR) is 51.4 cm³/mol. The molecule has 1 rings (SSSR count). The van der Waals surface area contributed by atoms with Crippen LogP contribution in [0.3, 0.4) is 0 Å². The number of likely N-dealkylation sites (N-methyl/N-ethyl adjacent to an activating group) is 1. The molecule has 0 saturated carbocycles. The lowest BCUT2D eigenvalue weighted by Crippen LogP contribution is -2.53. The van der Waals surface area contributed by atoms with Crippen LogP contribution in [0.5, 0.6) is 0 Å². The van der Waals surface area contributed by atoms with Crippen molar-refractivity contribution in [1.82, 2.24) is 4.90 Å². The SMILES string of the molecule is CO[C@H]1O[C@H](CO)[C@@H](N(C)C(=O)C(F)(F)F)[C@H]1O.